The second kappa shape index (κ2) is 5.36. The zero-order valence-corrected chi connectivity index (χ0v) is 10.3. The molecule has 2 aromatic rings. The SMILES string of the molecule is CCOC(=O)C(C#N)c1nccc2ccc(O)cc12. The number of nitrogens with zero attached hydrogens (tertiary/aromatic N) is 2. The molecule has 1 heterocycles. The van der Waals surface area contributed by atoms with E-state index in [9.17, 15) is 9.90 Å². The minimum Gasteiger partial charge on any atom is -0.508 e. The lowest BCUT2D eigenvalue weighted by Gasteiger charge is -2.10. The Morgan fingerprint density at radius 3 is 3.00 bits per heavy atom. The maximum absolute atomic E-state index is 11.8. The first-order chi connectivity index (χ1) is 9.17. The quantitative estimate of drug-likeness (QED) is 0.850. The van der Waals surface area contributed by atoms with Gasteiger partial charge < -0.3 is 9.84 Å². The summed E-state index contributed by atoms with van der Waals surface area (Å²) < 4.78 is 4.86. The molecule has 0 amide bonds. The van der Waals surface area contributed by atoms with Gasteiger partial charge in [0, 0.05) is 11.6 Å². The van der Waals surface area contributed by atoms with E-state index in [0.717, 1.165) is 5.39 Å². The highest BCUT2D eigenvalue weighted by Gasteiger charge is 2.25. The minimum absolute atomic E-state index is 0.0577. The number of rotatable bonds is 3. The van der Waals surface area contributed by atoms with Gasteiger partial charge in [0.05, 0.1) is 18.4 Å². The number of carbonyl (C=O) groups is 1. The Hall–Kier alpha value is -2.61. The third-order valence-corrected chi connectivity index (χ3v) is 2.71. The smallest absolute Gasteiger partial charge is 0.329 e. The summed E-state index contributed by atoms with van der Waals surface area (Å²) in [5.74, 6) is -1.67. The van der Waals surface area contributed by atoms with E-state index in [4.69, 9.17) is 10.00 Å². The standard InChI is InChI=1S/C14H12N2O3/c1-2-19-14(18)12(8-15)13-11-7-10(17)4-3-9(11)5-6-16-13/h3-7,12,17H,2H2,1H3. The number of aromatic hydroxyl groups is 1. The van der Waals surface area contributed by atoms with Gasteiger partial charge in [0.25, 0.3) is 0 Å². The first-order valence-electron chi connectivity index (χ1n) is 5.81. The molecule has 1 N–H and O–H groups in total. The largest absolute Gasteiger partial charge is 0.508 e. The Labute approximate surface area is 110 Å². The molecular weight excluding hydrogens is 244 g/mol. The van der Waals surface area contributed by atoms with Gasteiger partial charge in [-0.3, -0.25) is 9.78 Å². The van der Waals surface area contributed by atoms with Gasteiger partial charge in [-0.05, 0) is 30.5 Å². The number of carbonyl (C=O) groups excluding carboxylic acids is 1. The monoisotopic (exact) mass is 256 g/mol. The van der Waals surface area contributed by atoms with Crippen molar-refractivity contribution in [2.75, 3.05) is 6.61 Å². The van der Waals surface area contributed by atoms with Crippen molar-refractivity contribution in [3.8, 4) is 11.8 Å². The third-order valence-electron chi connectivity index (χ3n) is 2.71. The molecule has 1 atom stereocenters. The normalized spacial score (nSPS) is 11.8. The van der Waals surface area contributed by atoms with Crippen LogP contribution in [0.15, 0.2) is 30.5 Å². The molecule has 0 fully saturated rings. The number of hydrogen-bond donors (Lipinski definition) is 1. The molecule has 96 valence electrons. The number of fused-ring (bicyclic) bond motifs is 1. The van der Waals surface area contributed by atoms with Gasteiger partial charge in [0.1, 0.15) is 5.75 Å². The van der Waals surface area contributed by atoms with E-state index in [-0.39, 0.29) is 12.4 Å². The maximum atomic E-state index is 11.8. The fourth-order valence-electron chi connectivity index (χ4n) is 1.86. The number of benzene rings is 1. The fraction of sp³-hybridized carbons (Fsp3) is 0.214. The van der Waals surface area contributed by atoms with Gasteiger partial charge in [-0.1, -0.05) is 6.07 Å². The minimum atomic E-state index is -1.09. The van der Waals surface area contributed by atoms with Crippen LogP contribution in [0.1, 0.15) is 18.5 Å². The number of esters is 1. The molecule has 2 rings (SSSR count). The van der Waals surface area contributed by atoms with E-state index >= 15 is 0 Å². The van der Waals surface area contributed by atoms with Gasteiger partial charge in [0.2, 0.25) is 0 Å². The Bertz CT molecular complexity index is 661. The first-order valence-corrected chi connectivity index (χ1v) is 5.81. The van der Waals surface area contributed by atoms with Gasteiger partial charge in [-0.25, -0.2) is 0 Å². The molecule has 19 heavy (non-hydrogen) atoms. The highest BCUT2D eigenvalue weighted by Crippen LogP contribution is 2.27. The van der Waals surface area contributed by atoms with Crippen molar-refractivity contribution in [2.45, 2.75) is 12.8 Å². The Kier molecular flexibility index (Phi) is 3.62. The molecule has 0 spiro atoms. The molecule has 0 radical (unpaired) electrons. The maximum Gasteiger partial charge on any atom is 0.329 e. The van der Waals surface area contributed by atoms with Gasteiger partial charge in [0.15, 0.2) is 5.92 Å². The third kappa shape index (κ3) is 2.47. The molecule has 0 saturated heterocycles. The fourth-order valence-corrected chi connectivity index (χ4v) is 1.86. The second-order valence-electron chi connectivity index (χ2n) is 3.92. The van der Waals surface area contributed by atoms with Crippen molar-refractivity contribution in [1.29, 1.82) is 5.26 Å². The number of nitriles is 1. The van der Waals surface area contributed by atoms with Crippen LogP contribution in [-0.2, 0) is 9.53 Å². The van der Waals surface area contributed by atoms with Crippen molar-refractivity contribution in [3.05, 3.63) is 36.2 Å². The van der Waals surface area contributed by atoms with Crippen LogP contribution in [0.5, 0.6) is 5.75 Å². The summed E-state index contributed by atoms with van der Waals surface area (Å²) in [7, 11) is 0. The van der Waals surface area contributed by atoms with E-state index in [1.54, 1.807) is 19.1 Å². The number of pyridine rings is 1. The van der Waals surface area contributed by atoms with Gasteiger partial charge in [-0.15, -0.1) is 0 Å². The van der Waals surface area contributed by atoms with Crippen LogP contribution >= 0.6 is 0 Å². The van der Waals surface area contributed by atoms with E-state index in [1.165, 1.54) is 18.3 Å². The van der Waals surface area contributed by atoms with E-state index in [0.29, 0.717) is 11.1 Å². The van der Waals surface area contributed by atoms with Crippen LogP contribution in [0.3, 0.4) is 0 Å². The van der Waals surface area contributed by atoms with E-state index in [1.807, 2.05) is 6.07 Å². The zero-order chi connectivity index (χ0) is 13.8. The molecule has 5 heteroatoms. The number of hydrogen-bond acceptors (Lipinski definition) is 5. The molecule has 0 aliphatic rings. The van der Waals surface area contributed by atoms with Crippen LogP contribution in [0.25, 0.3) is 10.8 Å². The van der Waals surface area contributed by atoms with E-state index < -0.39 is 11.9 Å². The Morgan fingerprint density at radius 2 is 2.32 bits per heavy atom. The highest BCUT2D eigenvalue weighted by molar-refractivity contribution is 5.92. The predicted molar refractivity (Wildman–Crippen MR) is 68.4 cm³/mol. The molecule has 5 nitrogen and oxygen atoms in total. The summed E-state index contributed by atoms with van der Waals surface area (Å²) in [6.07, 6.45) is 1.53. The number of ether oxygens (including phenoxy) is 1. The van der Waals surface area contributed by atoms with Crippen LogP contribution in [0.4, 0.5) is 0 Å². The first kappa shape index (κ1) is 12.8. The van der Waals surface area contributed by atoms with Gasteiger partial charge in [-0.2, -0.15) is 5.26 Å². The van der Waals surface area contributed by atoms with Gasteiger partial charge >= 0.3 is 5.97 Å². The van der Waals surface area contributed by atoms with Crippen LogP contribution in [0, 0.1) is 11.3 Å². The summed E-state index contributed by atoms with van der Waals surface area (Å²) >= 11 is 0. The molecule has 1 aromatic carbocycles. The lowest BCUT2D eigenvalue weighted by Crippen LogP contribution is -2.16. The van der Waals surface area contributed by atoms with Crippen molar-refractivity contribution >= 4 is 16.7 Å². The Morgan fingerprint density at radius 1 is 1.53 bits per heavy atom. The predicted octanol–water partition coefficient (Wildman–Crippen LogP) is 2.11. The molecule has 1 aromatic heterocycles. The summed E-state index contributed by atoms with van der Waals surface area (Å²) in [4.78, 5) is 15.8. The molecule has 0 bridgehead atoms. The average molecular weight is 256 g/mol. The van der Waals surface area contributed by atoms with Crippen LogP contribution in [0.2, 0.25) is 0 Å². The molecule has 0 aliphatic heterocycles. The summed E-state index contributed by atoms with van der Waals surface area (Å²) in [5, 5.41) is 20.0. The molecular formula is C14H12N2O3. The topological polar surface area (TPSA) is 83.2 Å². The van der Waals surface area contributed by atoms with E-state index in [2.05, 4.69) is 4.98 Å². The molecule has 1 unspecified atom stereocenters. The molecule has 0 aliphatic carbocycles. The highest BCUT2D eigenvalue weighted by atomic mass is 16.5. The second-order valence-corrected chi connectivity index (χ2v) is 3.92. The van der Waals surface area contributed by atoms with Crippen LogP contribution in [-0.4, -0.2) is 22.7 Å². The summed E-state index contributed by atoms with van der Waals surface area (Å²) in [5.41, 5.74) is 0.300. The molecule has 0 saturated carbocycles. The van der Waals surface area contributed by atoms with Crippen LogP contribution < -0.4 is 0 Å². The lowest BCUT2D eigenvalue weighted by atomic mass is 10.00. The van der Waals surface area contributed by atoms with Crippen molar-refractivity contribution in [1.82, 2.24) is 4.98 Å². The van der Waals surface area contributed by atoms with Crippen molar-refractivity contribution < 1.29 is 14.6 Å². The Balaban J connectivity index is 2.57. The lowest BCUT2D eigenvalue weighted by molar-refractivity contribution is -0.143. The summed E-state index contributed by atoms with van der Waals surface area (Å²) in [6.45, 7) is 1.88. The van der Waals surface area contributed by atoms with Crippen molar-refractivity contribution in [3.63, 3.8) is 0 Å². The number of aromatic nitrogens is 1. The zero-order valence-electron chi connectivity index (χ0n) is 10.3. The summed E-state index contributed by atoms with van der Waals surface area (Å²) in [6, 6.07) is 8.37. The number of phenols is 1. The van der Waals surface area contributed by atoms with Crippen molar-refractivity contribution in [2.24, 2.45) is 0 Å². The average Bonchev–Trinajstić information content (AvgIpc) is 2.40. The number of phenolic OH excluding ortho intramolecular Hbond substituents is 1.